The second-order valence-electron chi connectivity index (χ2n) is 5.01. The second-order valence-corrected chi connectivity index (χ2v) is 5.01. The molecule has 2 aliphatic rings. The van der Waals surface area contributed by atoms with Crippen molar-refractivity contribution in [1.29, 1.82) is 0 Å². The molecule has 0 unspecified atom stereocenters. The Labute approximate surface area is 114 Å². The van der Waals surface area contributed by atoms with Gasteiger partial charge < -0.3 is 10.2 Å². The minimum Gasteiger partial charge on any atom is -0.330 e. The highest BCUT2D eigenvalue weighted by atomic mass is 15.2. The van der Waals surface area contributed by atoms with Gasteiger partial charge in [0.05, 0.1) is 0 Å². The molecule has 0 spiro atoms. The van der Waals surface area contributed by atoms with Crippen molar-refractivity contribution in [1.82, 2.24) is 5.32 Å². The Morgan fingerprint density at radius 3 is 2.63 bits per heavy atom. The van der Waals surface area contributed by atoms with Gasteiger partial charge in [-0.25, -0.2) is 4.99 Å². The Hall–Kier alpha value is -1.87. The predicted octanol–water partition coefficient (Wildman–Crippen LogP) is 2.58. The Balaban J connectivity index is 1.74. The minimum absolute atomic E-state index is 0.651. The summed E-state index contributed by atoms with van der Waals surface area (Å²) in [4.78, 5) is 6.78. The summed E-state index contributed by atoms with van der Waals surface area (Å²) in [6.45, 7) is 2.17. The average molecular weight is 253 g/mol. The maximum atomic E-state index is 4.65. The molecule has 3 nitrogen and oxygen atoms in total. The van der Waals surface area contributed by atoms with Gasteiger partial charge in [-0.15, -0.1) is 0 Å². The maximum Gasteiger partial charge on any atom is 0.128 e. The molecule has 98 valence electrons. The van der Waals surface area contributed by atoms with Crippen LogP contribution in [0.15, 0.2) is 58.9 Å². The number of nitrogens with zero attached hydrogens (tertiary/aromatic N) is 2. The number of allylic oxidation sites excluding steroid dienone is 2. The molecule has 1 aromatic rings. The zero-order chi connectivity index (χ0) is 13.1. The van der Waals surface area contributed by atoms with Crippen molar-refractivity contribution in [3.8, 4) is 0 Å². The van der Waals surface area contributed by atoms with Crippen LogP contribution in [-0.4, -0.2) is 26.4 Å². The van der Waals surface area contributed by atoms with Gasteiger partial charge in [-0.1, -0.05) is 24.3 Å². The molecule has 0 aromatic heterocycles. The van der Waals surface area contributed by atoms with Crippen LogP contribution in [0.25, 0.3) is 0 Å². The number of aliphatic imine (C=N–C) groups is 1. The van der Waals surface area contributed by atoms with Crippen molar-refractivity contribution < 1.29 is 0 Å². The van der Waals surface area contributed by atoms with Gasteiger partial charge >= 0.3 is 0 Å². The SMILES string of the molecule is CN(C1=CCC=C(C2CNC2)C=N1)c1ccccc1. The first-order valence-electron chi connectivity index (χ1n) is 6.78. The second kappa shape index (κ2) is 5.41. The molecule has 0 atom stereocenters. The van der Waals surface area contributed by atoms with Crippen LogP contribution >= 0.6 is 0 Å². The van der Waals surface area contributed by atoms with E-state index in [2.05, 4.69) is 58.7 Å². The summed E-state index contributed by atoms with van der Waals surface area (Å²) in [5.41, 5.74) is 2.53. The Kier molecular flexibility index (Phi) is 3.47. The van der Waals surface area contributed by atoms with E-state index in [9.17, 15) is 0 Å². The molecule has 1 saturated heterocycles. The smallest absolute Gasteiger partial charge is 0.128 e. The van der Waals surface area contributed by atoms with Crippen LogP contribution in [0, 0.1) is 5.92 Å². The number of benzene rings is 1. The Bertz CT molecular complexity index is 524. The van der Waals surface area contributed by atoms with E-state index in [1.165, 1.54) is 11.3 Å². The van der Waals surface area contributed by atoms with Gasteiger partial charge in [-0.2, -0.15) is 0 Å². The largest absolute Gasteiger partial charge is 0.330 e. The summed E-state index contributed by atoms with van der Waals surface area (Å²) in [6.07, 6.45) is 7.46. The molecule has 0 saturated carbocycles. The molecule has 1 fully saturated rings. The first-order valence-corrected chi connectivity index (χ1v) is 6.78. The highest BCUT2D eigenvalue weighted by Crippen LogP contribution is 2.22. The summed E-state index contributed by atoms with van der Waals surface area (Å²) in [5, 5.41) is 3.31. The van der Waals surface area contributed by atoms with E-state index >= 15 is 0 Å². The highest BCUT2D eigenvalue weighted by Gasteiger charge is 2.20. The molecule has 3 rings (SSSR count). The molecule has 0 radical (unpaired) electrons. The maximum absolute atomic E-state index is 4.65. The van der Waals surface area contributed by atoms with Crippen molar-refractivity contribution in [2.45, 2.75) is 6.42 Å². The fraction of sp³-hybridized carbons (Fsp3) is 0.312. The number of rotatable bonds is 3. The topological polar surface area (TPSA) is 27.6 Å². The summed E-state index contributed by atoms with van der Waals surface area (Å²) >= 11 is 0. The van der Waals surface area contributed by atoms with E-state index in [0.29, 0.717) is 5.92 Å². The van der Waals surface area contributed by atoms with Gasteiger partial charge in [-0.3, -0.25) is 0 Å². The lowest BCUT2D eigenvalue weighted by atomic mass is 9.93. The molecule has 0 bridgehead atoms. The monoisotopic (exact) mass is 253 g/mol. The third-order valence-corrected chi connectivity index (χ3v) is 3.74. The standard InChI is InChI=1S/C16H19N3/c1-19(15-7-3-2-4-8-15)16-9-5-6-13(12-18-16)14-10-17-11-14/h2-4,6-9,12,14,17H,5,10-11H2,1H3. The van der Waals surface area contributed by atoms with Gasteiger partial charge in [0.25, 0.3) is 0 Å². The Morgan fingerprint density at radius 1 is 1.16 bits per heavy atom. The van der Waals surface area contributed by atoms with E-state index in [1.807, 2.05) is 12.3 Å². The van der Waals surface area contributed by atoms with E-state index < -0.39 is 0 Å². The lowest BCUT2D eigenvalue weighted by molar-refractivity contribution is 0.409. The highest BCUT2D eigenvalue weighted by molar-refractivity contribution is 5.81. The first-order chi connectivity index (χ1) is 9.34. The fourth-order valence-electron chi connectivity index (χ4n) is 2.35. The molecular formula is C16H19N3. The number of hydrogen-bond donors (Lipinski definition) is 1. The van der Waals surface area contributed by atoms with E-state index in [-0.39, 0.29) is 0 Å². The molecule has 3 heteroatoms. The van der Waals surface area contributed by atoms with E-state index in [1.54, 1.807) is 0 Å². The lowest BCUT2D eigenvalue weighted by Gasteiger charge is -2.27. The molecule has 0 amide bonds. The first kappa shape index (κ1) is 12.2. The van der Waals surface area contributed by atoms with Crippen LogP contribution in [0.4, 0.5) is 5.69 Å². The number of anilines is 1. The van der Waals surface area contributed by atoms with Gasteiger partial charge in [0.15, 0.2) is 0 Å². The number of hydrogen-bond acceptors (Lipinski definition) is 3. The minimum atomic E-state index is 0.651. The molecule has 1 N–H and O–H groups in total. The molecule has 19 heavy (non-hydrogen) atoms. The van der Waals surface area contributed by atoms with Gasteiger partial charge in [-0.05, 0) is 30.2 Å². The van der Waals surface area contributed by atoms with Gasteiger partial charge in [0.2, 0.25) is 0 Å². The van der Waals surface area contributed by atoms with Crippen molar-refractivity contribution in [2.24, 2.45) is 10.9 Å². The van der Waals surface area contributed by atoms with E-state index in [4.69, 9.17) is 0 Å². The molecule has 2 heterocycles. The summed E-state index contributed by atoms with van der Waals surface area (Å²) < 4.78 is 0. The third-order valence-electron chi connectivity index (χ3n) is 3.74. The van der Waals surface area contributed by atoms with Crippen molar-refractivity contribution in [3.05, 3.63) is 53.9 Å². The van der Waals surface area contributed by atoms with Crippen LogP contribution in [-0.2, 0) is 0 Å². The van der Waals surface area contributed by atoms with Gasteiger partial charge in [0.1, 0.15) is 5.82 Å². The normalized spacial score (nSPS) is 19.2. The Morgan fingerprint density at radius 2 is 1.95 bits per heavy atom. The lowest BCUT2D eigenvalue weighted by Crippen LogP contribution is -2.43. The summed E-state index contributed by atoms with van der Waals surface area (Å²) in [5.74, 6) is 1.67. The zero-order valence-corrected chi connectivity index (χ0v) is 11.2. The van der Waals surface area contributed by atoms with Crippen LogP contribution in [0.1, 0.15) is 6.42 Å². The van der Waals surface area contributed by atoms with Crippen molar-refractivity contribution >= 4 is 11.9 Å². The summed E-state index contributed by atoms with van der Waals surface area (Å²) in [7, 11) is 2.06. The fourth-order valence-corrected chi connectivity index (χ4v) is 2.35. The van der Waals surface area contributed by atoms with Crippen LogP contribution in [0.2, 0.25) is 0 Å². The third kappa shape index (κ3) is 2.61. The molecule has 1 aromatic carbocycles. The number of nitrogens with one attached hydrogen (secondary N) is 1. The molecular weight excluding hydrogens is 234 g/mol. The van der Waals surface area contributed by atoms with Crippen LogP contribution in [0.5, 0.6) is 0 Å². The average Bonchev–Trinajstić information content (AvgIpc) is 2.63. The van der Waals surface area contributed by atoms with Crippen molar-refractivity contribution in [2.75, 3.05) is 25.0 Å². The zero-order valence-electron chi connectivity index (χ0n) is 11.2. The van der Waals surface area contributed by atoms with Crippen LogP contribution < -0.4 is 10.2 Å². The number of para-hydroxylation sites is 1. The molecule has 2 aliphatic heterocycles. The van der Waals surface area contributed by atoms with Gasteiger partial charge in [0, 0.05) is 38.0 Å². The summed E-state index contributed by atoms with van der Waals surface area (Å²) in [6, 6.07) is 10.3. The quantitative estimate of drug-likeness (QED) is 0.896. The predicted molar refractivity (Wildman–Crippen MR) is 80.5 cm³/mol. The van der Waals surface area contributed by atoms with Crippen LogP contribution in [0.3, 0.4) is 0 Å². The molecule has 0 aliphatic carbocycles. The van der Waals surface area contributed by atoms with E-state index in [0.717, 1.165) is 25.3 Å². The van der Waals surface area contributed by atoms with Crippen molar-refractivity contribution in [3.63, 3.8) is 0 Å².